The zero-order valence-electron chi connectivity index (χ0n) is 14.9. The molecule has 3 rings (SSSR count). The molecule has 0 amide bonds. The lowest BCUT2D eigenvalue weighted by atomic mass is 10.2. The normalized spacial score (nSPS) is 12.0. The van der Waals surface area contributed by atoms with E-state index in [9.17, 15) is 12.8 Å². The van der Waals surface area contributed by atoms with Crippen LogP contribution in [0.3, 0.4) is 0 Å². The SMILES string of the molecule is Cc1ccc(S(=O)(=O)n2ccc3cc(F)ccc32)cc1OCCN(C)C. The van der Waals surface area contributed by atoms with E-state index in [0.717, 1.165) is 16.1 Å². The van der Waals surface area contributed by atoms with Gasteiger partial charge in [-0.05, 0) is 56.9 Å². The third-order valence-electron chi connectivity index (χ3n) is 4.13. The van der Waals surface area contributed by atoms with Crippen LogP contribution in [0.4, 0.5) is 4.39 Å². The lowest BCUT2D eigenvalue weighted by Crippen LogP contribution is -2.20. The summed E-state index contributed by atoms with van der Waals surface area (Å²) in [6.07, 6.45) is 1.44. The van der Waals surface area contributed by atoms with E-state index in [2.05, 4.69) is 0 Å². The molecule has 1 aromatic heterocycles. The Morgan fingerprint density at radius 2 is 1.88 bits per heavy atom. The van der Waals surface area contributed by atoms with Crippen molar-refractivity contribution in [1.82, 2.24) is 8.87 Å². The summed E-state index contributed by atoms with van der Waals surface area (Å²) in [6.45, 7) is 3.06. The summed E-state index contributed by atoms with van der Waals surface area (Å²) in [4.78, 5) is 2.12. The van der Waals surface area contributed by atoms with Crippen LogP contribution < -0.4 is 4.74 Å². The van der Waals surface area contributed by atoms with Gasteiger partial charge in [0.2, 0.25) is 0 Å². The molecule has 7 heteroatoms. The molecule has 26 heavy (non-hydrogen) atoms. The van der Waals surface area contributed by atoms with Crippen LogP contribution in [-0.4, -0.2) is 44.5 Å². The zero-order chi connectivity index (χ0) is 18.9. The van der Waals surface area contributed by atoms with Crippen LogP contribution in [0.2, 0.25) is 0 Å². The number of hydrogen-bond donors (Lipinski definition) is 0. The number of likely N-dealkylation sites (N-methyl/N-ethyl adjacent to an activating group) is 1. The van der Waals surface area contributed by atoms with E-state index in [4.69, 9.17) is 4.74 Å². The molecular weight excluding hydrogens is 355 g/mol. The van der Waals surface area contributed by atoms with Crippen molar-refractivity contribution in [2.75, 3.05) is 27.2 Å². The fourth-order valence-electron chi connectivity index (χ4n) is 2.65. The molecule has 0 fully saturated rings. The van der Waals surface area contributed by atoms with Gasteiger partial charge >= 0.3 is 0 Å². The van der Waals surface area contributed by atoms with Gasteiger partial charge in [0.05, 0.1) is 10.4 Å². The van der Waals surface area contributed by atoms with Crippen LogP contribution in [0.1, 0.15) is 5.56 Å². The van der Waals surface area contributed by atoms with Crippen molar-refractivity contribution >= 4 is 20.9 Å². The van der Waals surface area contributed by atoms with Crippen molar-refractivity contribution < 1.29 is 17.5 Å². The Bertz CT molecular complexity index is 1040. The first kappa shape index (κ1) is 18.4. The van der Waals surface area contributed by atoms with Gasteiger partial charge in [-0.2, -0.15) is 0 Å². The maximum atomic E-state index is 13.4. The average molecular weight is 376 g/mol. The number of fused-ring (bicyclic) bond motifs is 1. The van der Waals surface area contributed by atoms with E-state index in [1.54, 1.807) is 18.2 Å². The number of ether oxygens (including phenoxy) is 1. The Kier molecular flexibility index (Phi) is 5.02. The highest BCUT2D eigenvalue weighted by molar-refractivity contribution is 7.90. The largest absolute Gasteiger partial charge is 0.492 e. The predicted octanol–water partition coefficient (Wildman–Crippen LogP) is 3.27. The topological polar surface area (TPSA) is 51.5 Å². The van der Waals surface area contributed by atoms with E-state index in [1.807, 2.05) is 25.9 Å². The Hall–Kier alpha value is -2.38. The van der Waals surface area contributed by atoms with Gasteiger partial charge in [-0.25, -0.2) is 16.8 Å². The molecule has 0 aliphatic rings. The van der Waals surface area contributed by atoms with E-state index < -0.39 is 15.8 Å². The van der Waals surface area contributed by atoms with Gasteiger partial charge < -0.3 is 9.64 Å². The van der Waals surface area contributed by atoms with Crippen molar-refractivity contribution in [3.05, 3.63) is 60.0 Å². The number of nitrogens with zero attached hydrogens (tertiary/aromatic N) is 2. The number of halogens is 1. The second-order valence-corrected chi connectivity index (χ2v) is 8.21. The van der Waals surface area contributed by atoms with Gasteiger partial charge in [0, 0.05) is 24.2 Å². The third-order valence-corrected chi connectivity index (χ3v) is 5.81. The molecule has 1 heterocycles. The molecule has 0 radical (unpaired) electrons. The van der Waals surface area contributed by atoms with Crippen LogP contribution in [0.5, 0.6) is 5.75 Å². The molecular formula is C19H21FN2O3S. The molecule has 0 saturated heterocycles. The summed E-state index contributed by atoms with van der Waals surface area (Å²) in [5.74, 6) is 0.134. The second-order valence-electron chi connectivity index (χ2n) is 6.40. The molecule has 5 nitrogen and oxygen atoms in total. The van der Waals surface area contributed by atoms with E-state index in [1.165, 1.54) is 30.5 Å². The van der Waals surface area contributed by atoms with Gasteiger partial charge in [0.15, 0.2) is 0 Å². The Labute approximate surface area is 152 Å². The molecule has 0 bridgehead atoms. The van der Waals surface area contributed by atoms with Crippen LogP contribution in [-0.2, 0) is 10.0 Å². The average Bonchev–Trinajstić information content (AvgIpc) is 2.99. The van der Waals surface area contributed by atoms with Gasteiger partial charge in [-0.15, -0.1) is 0 Å². The third kappa shape index (κ3) is 3.59. The standard InChI is InChI=1S/C19H21FN2O3S/c1-14-4-6-17(13-19(14)25-11-10-21(2)3)26(23,24)22-9-8-15-12-16(20)5-7-18(15)22/h4-9,12-13H,10-11H2,1-3H3. The summed E-state index contributed by atoms with van der Waals surface area (Å²) in [6, 6.07) is 10.4. The minimum Gasteiger partial charge on any atom is -0.492 e. The summed E-state index contributed by atoms with van der Waals surface area (Å²) in [5, 5.41) is 0.531. The predicted molar refractivity (Wildman–Crippen MR) is 99.7 cm³/mol. The molecule has 0 aliphatic heterocycles. The molecule has 3 aromatic rings. The maximum absolute atomic E-state index is 13.4. The van der Waals surface area contributed by atoms with Crippen molar-refractivity contribution in [1.29, 1.82) is 0 Å². The fourth-order valence-corrected chi connectivity index (χ4v) is 4.01. The first-order valence-corrected chi connectivity index (χ1v) is 9.63. The number of benzene rings is 2. The number of aryl methyl sites for hydroxylation is 1. The summed E-state index contributed by atoms with van der Waals surface area (Å²) < 4.78 is 46.4. The van der Waals surface area contributed by atoms with Crippen LogP contribution in [0.15, 0.2) is 53.6 Å². The molecule has 0 saturated carbocycles. The summed E-state index contributed by atoms with van der Waals surface area (Å²) in [5.41, 5.74) is 1.30. The molecule has 138 valence electrons. The highest BCUT2D eigenvalue weighted by Crippen LogP contribution is 2.27. The van der Waals surface area contributed by atoms with Crippen molar-refractivity contribution in [2.24, 2.45) is 0 Å². The molecule has 0 N–H and O–H groups in total. The van der Waals surface area contributed by atoms with Crippen molar-refractivity contribution in [3.8, 4) is 5.75 Å². The number of rotatable bonds is 6. The minimum atomic E-state index is -3.81. The molecule has 0 aliphatic carbocycles. The lowest BCUT2D eigenvalue weighted by Gasteiger charge is -2.14. The quantitative estimate of drug-likeness (QED) is 0.663. The smallest absolute Gasteiger partial charge is 0.268 e. The van der Waals surface area contributed by atoms with Gasteiger partial charge in [0.25, 0.3) is 10.0 Å². The summed E-state index contributed by atoms with van der Waals surface area (Å²) >= 11 is 0. The molecule has 0 atom stereocenters. The first-order valence-electron chi connectivity index (χ1n) is 8.19. The van der Waals surface area contributed by atoms with Crippen molar-refractivity contribution in [3.63, 3.8) is 0 Å². The van der Waals surface area contributed by atoms with Gasteiger partial charge in [-0.1, -0.05) is 6.07 Å². The maximum Gasteiger partial charge on any atom is 0.268 e. The second kappa shape index (κ2) is 7.09. The molecule has 0 unspecified atom stereocenters. The summed E-state index contributed by atoms with van der Waals surface area (Å²) in [7, 11) is 0.0712. The number of hydrogen-bond acceptors (Lipinski definition) is 4. The molecule has 0 spiro atoms. The number of aromatic nitrogens is 1. The Morgan fingerprint density at radius 3 is 2.62 bits per heavy atom. The Balaban J connectivity index is 1.98. The van der Waals surface area contributed by atoms with Gasteiger partial charge in [0.1, 0.15) is 18.2 Å². The molecule has 2 aromatic carbocycles. The monoisotopic (exact) mass is 376 g/mol. The van der Waals surface area contributed by atoms with E-state index in [-0.39, 0.29) is 4.90 Å². The first-order chi connectivity index (χ1) is 12.3. The van der Waals surface area contributed by atoms with Gasteiger partial charge in [-0.3, -0.25) is 0 Å². The van der Waals surface area contributed by atoms with E-state index in [0.29, 0.717) is 23.3 Å². The lowest BCUT2D eigenvalue weighted by molar-refractivity contribution is 0.259. The van der Waals surface area contributed by atoms with Crippen LogP contribution in [0, 0.1) is 12.7 Å². The van der Waals surface area contributed by atoms with E-state index >= 15 is 0 Å². The zero-order valence-corrected chi connectivity index (χ0v) is 15.8. The highest BCUT2D eigenvalue weighted by atomic mass is 32.2. The van der Waals surface area contributed by atoms with Crippen LogP contribution in [0.25, 0.3) is 10.9 Å². The van der Waals surface area contributed by atoms with Crippen LogP contribution >= 0.6 is 0 Å². The Morgan fingerprint density at radius 1 is 1.12 bits per heavy atom. The van der Waals surface area contributed by atoms with Crippen molar-refractivity contribution in [2.45, 2.75) is 11.8 Å². The highest BCUT2D eigenvalue weighted by Gasteiger charge is 2.20. The minimum absolute atomic E-state index is 0.129. The fraction of sp³-hybridized carbons (Fsp3) is 0.263.